The van der Waals surface area contributed by atoms with Crippen molar-refractivity contribution >= 4 is 111 Å². The smallest absolute Gasteiger partial charge is 0.291 e. The second-order valence-corrected chi connectivity index (χ2v) is 29.2. The first-order valence-electron chi connectivity index (χ1n) is 38.6. The van der Waals surface area contributed by atoms with Crippen LogP contribution in [0.15, 0.2) is 78.6 Å². The van der Waals surface area contributed by atoms with Crippen LogP contribution >= 0.6 is 22.9 Å². The maximum absolute atomic E-state index is 13.3. The summed E-state index contributed by atoms with van der Waals surface area (Å²) in [5.41, 5.74) is 4.87. The van der Waals surface area contributed by atoms with E-state index >= 15 is 0 Å². The Morgan fingerprint density at radius 1 is 0.483 bits per heavy atom. The van der Waals surface area contributed by atoms with E-state index in [-0.39, 0.29) is 122 Å². The highest BCUT2D eigenvalue weighted by atomic mass is 35.5. The van der Waals surface area contributed by atoms with E-state index < -0.39 is 47.4 Å². The highest BCUT2D eigenvalue weighted by Crippen LogP contribution is 2.40. The Balaban J connectivity index is 0.510. The Kier molecular flexibility index (Phi) is 35.3. The largest absolute Gasteiger partial charge is 0.379 e. The van der Waals surface area contributed by atoms with Gasteiger partial charge in [0, 0.05) is 158 Å². The molecule has 8 aromatic rings. The van der Waals surface area contributed by atoms with E-state index in [1.165, 1.54) is 60.1 Å². The molecule has 1 aliphatic heterocycles. The number of anilines is 4. The maximum Gasteiger partial charge on any atom is 0.291 e. The van der Waals surface area contributed by atoms with Crippen LogP contribution in [0.3, 0.4) is 0 Å². The van der Waals surface area contributed by atoms with Gasteiger partial charge < -0.3 is 109 Å². The minimum absolute atomic E-state index is 0.00292. The summed E-state index contributed by atoms with van der Waals surface area (Å²) in [7, 11) is 10.0. The molecule has 0 aliphatic carbocycles. The number of aryl methyl sites for hydroxylation is 7. The molecule has 41 heteroatoms. The van der Waals surface area contributed by atoms with Crippen LogP contribution in [-0.2, 0) is 87.6 Å². The molecule has 1 aliphatic rings. The van der Waals surface area contributed by atoms with Gasteiger partial charge in [0.15, 0.2) is 23.3 Å². The number of hydrogen-bond acceptors (Lipinski definition) is 24. The summed E-state index contributed by atoms with van der Waals surface area (Å²) in [6.45, 7) is 13.2. The van der Waals surface area contributed by atoms with Crippen LogP contribution in [0.4, 0.5) is 23.0 Å². The molecule has 8 heterocycles. The molecule has 0 fully saturated rings. The Morgan fingerprint density at radius 3 is 1.47 bits per heavy atom. The average molecular weight is 1680 g/mol. The molecule has 1 unspecified atom stereocenters. The minimum atomic E-state index is -0.640. The first-order valence-corrected chi connectivity index (χ1v) is 39.7. The molecule has 0 saturated heterocycles. The normalized spacial score (nSPS) is 12.3. The lowest BCUT2D eigenvalue weighted by Gasteiger charge is -2.16. The zero-order chi connectivity index (χ0) is 84.6. The number of imidazole rings is 3. The van der Waals surface area contributed by atoms with Crippen molar-refractivity contribution in [3.8, 4) is 5.00 Å². The fourth-order valence-electron chi connectivity index (χ4n) is 12.1. The van der Waals surface area contributed by atoms with Gasteiger partial charge in [0.1, 0.15) is 28.3 Å². The van der Waals surface area contributed by atoms with Crippen molar-refractivity contribution < 1.29 is 76.4 Å². The van der Waals surface area contributed by atoms with Gasteiger partial charge >= 0.3 is 0 Å². The van der Waals surface area contributed by atoms with Crippen molar-refractivity contribution in [3.05, 3.63) is 141 Å². The lowest BCUT2D eigenvalue weighted by molar-refractivity contribution is -0.123. The molecular formula is C77H104ClN23O16S. The van der Waals surface area contributed by atoms with E-state index in [4.69, 9.17) is 45.0 Å². The van der Waals surface area contributed by atoms with E-state index in [9.17, 15) is 47.9 Å². The molecule has 118 heavy (non-hydrogen) atoms. The van der Waals surface area contributed by atoms with Gasteiger partial charge in [-0.1, -0.05) is 23.7 Å². The highest BCUT2D eigenvalue weighted by molar-refractivity contribution is 7.15. The lowest BCUT2D eigenvalue weighted by atomic mass is 9.99. The van der Waals surface area contributed by atoms with Gasteiger partial charge in [-0.25, -0.2) is 15.0 Å². The van der Waals surface area contributed by atoms with Crippen LogP contribution in [0.25, 0.3) is 5.00 Å². The van der Waals surface area contributed by atoms with Crippen molar-refractivity contribution in [3.63, 3.8) is 0 Å². The van der Waals surface area contributed by atoms with E-state index in [2.05, 4.69) is 97.1 Å². The van der Waals surface area contributed by atoms with Crippen LogP contribution < -0.4 is 53.2 Å². The van der Waals surface area contributed by atoms with Gasteiger partial charge in [0.05, 0.1) is 103 Å². The van der Waals surface area contributed by atoms with Crippen molar-refractivity contribution in [2.75, 3.05) is 160 Å². The predicted octanol–water partition coefficient (Wildman–Crippen LogP) is 3.46. The Morgan fingerprint density at radius 2 is 0.949 bits per heavy atom. The summed E-state index contributed by atoms with van der Waals surface area (Å²) in [5.74, 6) is -2.50. The third-order valence-electron chi connectivity index (χ3n) is 18.3. The minimum Gasteiger partial charge on any atom is -0.379 e. The molecule has 636 valence electrons. The second kappa shape index (κ2) is 46.0. The molecule has 0 bridgehead atoms. The SMILES string of the molecule is Cc1sc2c(c1C)C(c1ccc(Cl)cc1)=NC(CC(=O)NCCOCCOCCOCCOCCOCCOCCC(=O)NCCCN(C)CCCNC(=O)CCNC(=O)c1nc(NC(=O)CCNC(=O)c3cc(NC(=O)c4nc(NC(=O)CCNC(=O)c5cc(NC(=O)c6nccn6C)cn5C)cn4C)cn3C)cn1C)c1nnc(C)n1-2. The lowest BCUT2D eigenvalue weighted by Crippen LogP contribution is -2.33. The number of nitrogens with zero attached hydrogens (tertiary/aromatic N) is 13. The number of fused-ring (bicyclic) bond motifs is 3. The van der Waals surface area contributed by atoms with Gasteiger partial charge in [0.25, 0.3) is 29.5 Å². The Bertz CT molecular complexity index is 4790. The van der Waals surface area contributed by atoms with Crippen LogP contribution in [-0.4, -0.2) is 261 Å². The van der Waals surface area contributed by atoms with E-state index in [1.807, 2.05) is 42.8 Å². The molecule has 10 N–H and O–H groups in total. The predicted molar refractivity (Wildman–Crippen MR) is 438 cm³/mol. The summed E-state index contributed by atoms with van der Waals surface area (Å²) in [5, 5.41) is 37.8. The summed E-state index contributed by atoms with van der Waals surface area (Å²) >= 11 is 7.90. The van der Waals surface area contributed by atoms with Gasteiger partial charge in [0.2, 0.25) is 41.2 Å². The van der Waals surface area contributed by atoms with Gasteiger partial charge in [-0.3, -0.25) is 57.5 Å². The van der Waals surface area contributed by atoms with Gasteiger partial charge in [-0.05, 0) is 83.6 Å². The van der Waals surface area contributed by atoms with Crippen molar-refractivity contribution in [1.82, 2.24) is 89.4 Å². The van der Waals surface area contributed by atoms with Crippen LogP contribution in [0, 0.1) is 20.8 Å². The molecule has 10 amide bonds. The number of ether oxygens (including phenoxy) is 6. The summed E-state index contributed by atoms with van der Waals surface area (Å²) < 4.78 is 43.0. The molecule has 0 radical (unpaired) electrons. The van der Waals surface area contributed by atoms with E-state index in [1.54, 1.807) is 63.5 Å². The summed E-state index contributed by atoms with van der Waals surface area (Å²) in [6.07, 6.45) is 10.6. The number of amides is 10. The average Bonchev–Trinajstić information content (AvgIpc) is 1.59. The number of carbonyl (C=O) groups excluding carboxylic acids is 10. The quantitative estimate of drug-likeness (QED) is 0.0244. The first kappa shape index (κ1) is 90.5. The van der Waals surface area contributed by atoms with Gasteiger partial charge in [-0.2, -0.15) is 0 Å². The van der Waals surface area contributed by atoms with E-state index in [0.717, 1.165) is 46.2 Å². The number of halogens is 1. The number of benzene rings is 1. The van der Waals surface area contributed by atoms with Crippen molar-refractivity contribution in [1.29, 1.82) is 0 Å². The molecule has 0 spiro atoms. The third kappa shape index (κ3) is 27.6. The number of carbonyl (C=O) groups is 10. The summed E-state index contributed by atoms with van der Waals surface area (Å²) in [4.78, 5) is 150. The second-order valence-electron chi connectivity index (χ2n) is 27.5. The van der Waals surface area contributed by atoms with Gasteiger partial charge in [-0.15, -0.1) is 21.5 Å². The topological polar surface area (TPSA) is 456 Å². The molecule has 39 nitrogen and oxygen atoms in total. The zero-order valence-corrected chi connectivity index (χ0v) is 69.3. The zero-order valence-electron chi connectivity index (χ0n) is 67.7. The highest BCUT2D eigenvalue weighted by Gasteiger charge is 2.33. The number of aliphatic imine (C=N–C) groups is 1. The third-order valence-corrected chi connectivity index (χ3v) is 19.8. The maximum atomic E-state index is 13.3. The molecule has 7 aromatic heterocycles. The van der Waals surface area contributed by atoms with Crippen molar-refractivity contribution in [2.45, 2.75) is 71.8 Å². The monoisotopic (exact) mass is 1670 g/mol. The van der Waals surface area contributed by atoms with Crippen LogP contribution in [0.1, 0.15) is 137 Å². The standard InChI is InChI=1S/C77H104ClN23O16S/c1-49-50(2)118-77-66(49)67(52-12-14-53(78)15-13-52)88-56(68-94-93-51(3)101(68)77)44-65(106)81-26-31-113-33-35-115-37-39-117-41-40-116-38-36-114-34-32-112-30-19-62(103)80-21-11-28-95(4)27-10-20-79-61(102)16-22-85-74(109)70-91-59(47-99(70)8)89-63(104)17-23-84-73(108)58-43-55(46-98(58)7)87-76(111)71-92-60(48-100(71)9)90-64(105)18-24-83-72(107)57-42-54(45-97(57)6)86-75(110)69-82-25-29-96(69)5/h12-15,25,29,42-43,45-48,56H,10-11,16-24,26-28,30-41,44H2,1-9H3,(H,79,102)(H,80,103)(H,81,106)(H,83,107)(H,84,108)(H,85,109)(H,86,110)(H,87,111)(H,89,104)(H,90,105). The number of aromatic nitrogens is 11. The van der Waals surface area contributed by atoms with E-state index in [0.29, 0.717) is 122 Å². The van der Waals surface area contributed by atoms with Crippen LogP contribution in [0.5, 0.6) is 0 Å². The Hall–Kier alpha value is -11.4. The fraction of sp³-hybridized carbons (Fsp3) is 0.481. The molecular weight excluding hydrogens is 1570 g/mol. The summed E-state index contributed by atoms with van der Waals surface area (Å²) in [6, 6.07) is 9.94. The van der Waals surface area contributed by atoms with Crippen molar-refractivity contribution in [2.24, 2.45) is 40.2 Å². The number of nitrogens with one attached hydrogen (secondary N) is 10. The Labute approximate surface area is 690 Å². The van der Waals surface area contributed by atoms with Crippen LogP contribution in [0.2, 0.25) is 5.02 Å². The molecule has 0 saturated carbocycles. The fourth-order valence-corrected chi connectivity index (χ4v) is 13.5. The number of thiophene rings is 1. The molecule has 1 aromatic carbocycles. The molecule has 9 rings (SSSR count). The number of rotatable bonds is 50. The number of hydrogen-bond donors (Lipinski definition) is 10. The molecule has 1 atom stereocenters. The first-order chi connectivity index (χ1) is 56.8.